The smallest absolute Gasteiger partial charge is 0.410 e. The molecule has 1 unspecified atom stereocenters. The van der Waals surface area contributed by atoms with Crippen molar-refractivity contribution in [1.29, 1.82) is 0 Å². The van der Waals surface area contributed by atoms with Crippen LogP contribution in [0.2, 0.25) is 0 Å². The minimum absolute atomic E-state index is 0. The number of piperazine rings is 1. The number of hydrogen-bond acceptors (Lipinski definition) is 6. The highest BCUT2D eigenvalue weighted by molar-refractivity contribution is 14.0. The van der Waals surface area contributed by atoms with Crippen LogP contribution in [0.1, 0.15) is 41.0 Å². The van der Waals surface area contributed by atoms with Crippen molar-refractivity contribution >= 4 is 36.0 Å². The van der Waals surface area contributed by atoms with Crippen LogP contribution in [0.15, 0.2) is 4.99 Å². The molecule has 8 heteroatoms. The largest absolute Gasteiger partial charge is 0.444 e. The Morgan fingerprint density at radius 3 is 2.69 bits per heavy atom. The summed E-state index contributed by atoms with van der Waals surface area (Å²) in [7, 11) is 0. The Bertz CT molecular complexity index is 480. The molecule has 1 fully saturated rings. The van der Waals surface area contributed by atoms with Crippen LogP contribution in [0.3, 0.4) is 0 Å². The van der Waals surface area contributed by atoms with E-state index in [1.165, 1.54) is 0 Å². The van der Waals surface area contributed by atoms with Crippen molar-refractivity contribution in [2.45, 2.75) is 52.7 Å². The number of hydrogen-bond donors (Lipinski definition) is 1. The molecule has 0 bridgehead atoms. The summed E-state index contributed by atoms with van der Waals surface area (Å²) in [5.41, 5.74) is -0.456. The van der Waals surface area contributed by atoms with Crippen LogP contribution in [0, 0.1) is 5.92 Å². The Morgan fingerprint density at radius 1 is 1.31 bits per heavy atom. The van der Waals surface area contributed by atoms with Gasteiger partial charge in [-0.2, -0.15) is 0 Å². The number of halogens is 1. The van der Waals surface area contributed by atoms with Crippen molar-refractivity contribution in [3.8, 4) is 0 Å². The van der Waals surface area contributed by atoms with E-state index in [-0.39, 0.29) is 36.1 Å². The van der Waals surface area contributed by atoms with Crippen molar-refractivity contribution < 1.29 is 14.3 Å². The van der Waals surface area contributed by atoms with Crippen LogP contribution < -0.4 is 5.32 Å². The number of aliphatic imine (C=N–C) groups is 1. The number of fused-ring (bicyclic) bond motifs is 1. The second kappa shape index (κ2) is 10.5. The van der Waals surface area contributed by atoms with Gasteiger partial charge in [0.15, 0.2) is 5.96 Å². The predicted octanol–water partition coefficient (Wildman–Crippen LogP) is 2.55. The maximum absolute atomic E-state index is 12.2. The monoisotopic (exact) mass is 482 g/mol. The molecule has 0 aliphatic carbocycles. The first-order valence-corrected chi connectivity index (χ1v) is 9.37. The fourth-order valence-electron chi connectivity index (χ4n) is 2.88. The predicted molar refractivity (Wildman–Crippen MR) is 114 cm³/mol. The van der Waals surface area contributed by atoms with E-state index in [4.69, 9.17) is 9.47 Å². The maximum Gasteiger partial charge on any atom is 0.410 e. The summed E-state index contributed by atoms with van der Waals surface area (Å²) in [5.74, 6) is 1.61. The molecule has 1 atom stereocenters. The Balaban J connectivity index is 0.00000338. The summed E-state index contributed by atoms with van der Waals surface area (Å²) in [6.07, 6.45) is 0.863. The lowest BCUT2D eigenvalue weighted by atomic mass is 10.1. The fourth-order valence-corrected chi connectivity index (χ4v) is 2.88. The first kappa shape index (κ1) is 23.3. The second-order valence-corrected chi connectivity index (χ2v) is 8.16. The van der Waals surface area contributed by atoms with E-state index in [9.17, 15) is 4.79 Å². The zero-order chi connectivity index (χ0) is 18.4. The van der Waals surface area contributed by atoms with Gasteiger partial charge in [-0.05, 0) is 33.1 Å². The molecular formula is C18H35IN4O3. The van der Waals surface area contributed by atoms with Crippen molar-refractivity contribution in [2.75, 3.05) is 45.9 Å². The highest BCUT2D eigenvalue weighted by Gasteiger charge is 2.36. The summed E-state index contributed by atoms with van der Waals surface area (Å²) in [6.45, 7) is 15.2. The van der Waals surface area contributed by atoms with E-state index in [2.05, 4.69) is 29.1 Å². The van der Waals surface area contributed by atoms with Gasteiger partial charge in [0.2, 0.25) is 0 Å². The van der Waals surface area contributed by atoms with Crippen molar-refractivity contribution in [2.24, 2.45) is 10.9 Å². The highest BCUT2D eigenvalue weighted by atomic mass is 127. The van der Waals surface area contributed by atoms with Gasteiger partial charge in [0, 0.05) is 32.8 Å². The molecule has 0 radical (unpaired) electrons. The summed E-state index contributed by atoms with van der Waals surface area (Å²) in [4.78, 5) is 20.9. The molecule has 2 rings (SSSR count). The summed E-state index contributed by atoms with van der Waals surface area (Å²) in [6, 6.07) is 0.241. The summed E-state index contributed by atoms with van der Waals surface area (Å²) in [5, 5.41) is 3.37. The molecule has 0 aromatic carbocycles. The number of carbonyl (C=O) groups is 1. The van der Waals surface area contributed by atoms with Crippen molar-refractivity contribution in [1.82, 2.24) is 15.1 Å². The number of ether oxygens (including phenoxy) is 2. The average molecular weight is 482 g/mol. The normalized spacial score (nSPS) is 19.8. The number of nitrogens with zero attached hydrogens (tertiary/aromatic N) is 3. The minimum atomic E-state index is -0.456. The van der Waals surface area contributed by atoms with Crippen molar-refractivity contribution in [3.63, 3.8) is 0 Å². The zero-order valence-corrected chi connectivity index (χ0v) is 19.1. The number of rotatable bonds is 6. The van der Waals surface area contributed by atoms with Crippen molar-refractivity contribution in [3.05, 3.63) is 0 Å². The lowest BCUT2D eigenvalue weighted by Crippen LogP contribution is -2.57. The molecule has 0 aromatic heterocycles. The molecular weight excluding hydrogens is 447 g/mol. The Morgan fingerprint density at radius 2 is 2.04 bits per heavy atom. The van der Waals surface area contributed by atoms with Gasteiger partial charge in [-0.3, -0.25) is 4.99 Å². The van der Waals surface area contributed by atoms with Gasteiger partial charge < -0.3 is 24.6 Å². The van der Waals surface area contributed by atoms with Gasteiger partial charge >= 0.3 is 6.09 Å². The summed E-state index contributed by atoms with van der Waals surface area (Å²) >= 11 is 0. The topological polar surface area (TPSA) is 66.4 Å². The van der Waals surface area contributed by atoms with E-state index in [1.807, 2.05) is 20.8 Å². The molecule has 1 saturated heterocycles. The van der Waals surface area contributed by atoms with Crippen LogP contribution in [-0.4, -0.2) is 79.4 Å². The van der Waals surface area contributed by atoms with Crippen LogP contribution in [0.25, 0.3) is 0 Å². The lowest BCUT2D eigenvalue weighted by Gasteiger charge is -2.39. The zero-order valence-electron chi connectivity index (χ0n) is 16.8. The first-order chi connectivity index (χ1) is 11.8. The Hall–Kier alpha value is -0.770. The molecule has 0 spiro atoms. The highest BCUT2D eigenvalue weighted by Crippen LogP contribution is 2.18. The molecule has 152 valence electrons. The molecule has 1 N–H and O–H groups in total. The van der Waals surface area contributed by atoms with Gasteiger partial charge in [0.05, 0.1) is 19.2 Å². The first-order valence-electron chi connectivity index (χ1n) is 9.37. The van der Waals surface area contributed by atoms with Gasteiger partial charge in [0.1, 0.15) is 5.60 Å². The molecule has 0 aromatic rings. The molecule has 1 amide bonds. The van der Waals surface area contributed by atoms with E-state index in [0.29, 0.717) is 25.6 Å². The summed E-state index contributed by atoms with van der Waals surface area (Å²) < 4.78 is 11.1. The van der Waals surface area contributed by atoms with Gasteiger partial charge in [0.25, 0.3) is 0 Å². The molecule has 2 aliphatic heterocycles. The van der Waals surface area contributed by atoms with Crippen LogP contribution in [-0.2, 0) is 9.47 Å². The lowest BCUT2D eigenvalue weighted by molar-refractivity contribution is 0.0137. The SMILES string of the molecule is CC(C)CCOCCNC1=NCC2CN(C(=O)OC(C)(C)C)CCN12.I. The fraction of sp³-hybridized carbons (Fsp3) is 0.889. The molecule has 0 saturated carbocycles. The number of amides is 1. The van der Waals surface area contributed by atoms with Crippen LogP contribution in [0.5, 0.6) is 0 Å². The van der Waals surface area contributed by atoms with E-state index in [1.54, 1.807) is 4.90 Å². The number of carbonyl (C=O) groups excluding carboxylic acids is 1. The van der Waals surface area contributed by atoms with Gasteiger partial charge in [-0.15, -0.1) is 24.0 Å². The number of nitrogens with one attached hydrogen (secondary N) is 1. The average Bonchev–Trinajstić information content (AvgIpc) is 2.91. The maximum atomic E-state index is 12.2. The number of guanidine groups is 1. The Kier molecular flexibility index (Phi) is 9.43. The standard InChI is InChI=1S/C18H34N4O3.HI/c1-14(2)6-10-24-11-7-19-16-20-12-15-13-21(8-9-22(15)16)17(23)25-18(3,4)5;/h14-15H,6-13H2,1-5H3,(H,19,20);1H. The second-order valence-electron chi connectivity index (χ2n) is 8.16. The van der Waals surface area contributed by atoms with Crippen LogP contribution >= 0.6 is 24.0 Å². The Labute approximate surface area is 174 Å². The van der Waals surface area contributed by atoms with Gasteiger partial charge in [-0.25, -0.2) is 4.79 Å². The quantitative estimate of drug-likeness (QED) is 0.466. The van der Waals surface area contributed by atoms with Gasteiger partial charge in [-0.1, -0.05) is 13.8 Å². The van der Waals surface area contributed by atoms with E-state index < -0.39 is 5.60 Å². The molecule has 26 heavy (non-hydrogen) atoms. The molecule has 2 aliphatic rings. The third-order valence-electron chi connectivity index (χ3n) is 4.23. The van der Waals surface area contributed by atoms with E-state index >= 15 is 0 Å². The molecule has 7 nitrogen and oxygen atoms in total. The minimum Gasteiger partial charge on any atom is -0.444 e. The third kappa shape index (κ3) is 7.46. The van der Waals surface area contributed by atoms with E-state index in [0.717, 1.165) is 38.6 Å². The van der Waals surface area contributed by atoms with Crippen LogP contribution in [0.4, 0.5) is 4.79 Å². The molecule has 2 heterocycles. The third-order valence-corrected chi connectivity index (χ3v) is 4.23.